The third-order valence-electron chi connectivity index (χ3n) is 6.63. The molecule has 2 saturated carbocycles. The predicted octanol–water partition coefficient (Wildman–Crippen LogP) is 3.42. The number of ether oxygens (including phenoxy) is 1. The molecule has 0 atom stereocenters. The molecule has 9 heteroatoms. The van der Waals surface area contributed by atoms with Crippen LogP contribution in [0.2, 0.25) is 0 Å². The molecule has 0 bridgehead atoms. The van der Waals surface area contributed by atoms with E-state index in [-0.39, 0.29) is 16.4 Å². The van der Waals surface area contributed by atoms with E-state index in [2.05, 4.69) is 25.2 Å². The highest BCUT2D eigenvalue weighted by Gasteiger charge is 2.38. The smallest absolute Gasteiger partial charge is 0.221 e. The van der Waals surface area contributed by atoms with Gasteiger partial charge in [0.1, 0.15) is 18.2 Å². The summed E-state index contributed by atoms with van der Waals surface area (Å²) in [5, 5.41) is 3.17. The Balaban J connectivity index is 1.25. The van der Waals surface area contributed by atoms with Crippen LogP contribution in [0.4, 0.5) is 11.5 Å². The van der Waals surface area contributed by atoms with Crippen LogP contribution in [0.3, 0.4) is 0 Å². The van der Waals surface area contributed by atoms with E-state index in [0.29, 0.717) is 17.4 Å². The maximum absolute atomic E-state index is 12.5. The van der Waals surface area contributed by atoms with Crippen molar-refractivity contribution in [3.63, 3.8) is 0 Å². The minimum Gasteiger partial charge on any atom is -0.474 e. The van der Waals surface area contributed by atoms with Crippen LogP contribution in [-0.2, 0) is 9.84 Å². The van der Waals surface area contributed by atoms with Crippen LogP contribution < -0.4 is 10.1 Å². The summed E-state index contributed by atoms with van der Waals surface area (Å²) in [6.45, 7) is 7.14. The number of piperidine rings is 1. The first-order chi connectivity index (χ1) is 15.4. The zero-order valence-electron chi connectivity index (χ0n) is 18.7. The summed E-state index contributed by atoms with van der Waals surface area (Å²) in [4.78, 5) is 15.6. The first kappa shape index (κ1) is 21.6. The molecule has 0 spiro atoms. The molecule has 2 aromatic rings. The molecule has 5 rings (SSSR count). The number of aromatic nitrogens is 3. The van der Waals surface area contributed by atoms with Crippen LogP contribution in [0.1, 0.15) is 49.8 Å². The Bertz CT molecular complexity index is 1090. The highest BCUT2D eigenvalue weighted by molar-refractivity contribution is 7.92. The van der Waals surface area contributed by atoms with Crippen molar-refractivity contribution in [1.82, 2.24) is 19.9 Å². The molecule has 3 heterocycles. The van der Waals surface area contributed by atoms with Gasteiger partial charge in [-0.2, -0.15) is 0 Å². The summed E-state index contributed by atoms with van der Waals surface area (Å²) < 4.78 is 31.2. The van der Waals surface area contributed by atoms with Gasteiger partial charge in [-0.15, -0.1) is 0 Å². The van der Waals surface area contributed by atoms with E-state index < -0.39 is 9.84 Å². The number of sulfone groups is 1. The largest absolute Gasteiger partial charge is 0.474 e. The lowest BCUT2D eigenvalue weighted by atomic mass is 10.1. The number of nitrogens with one attached hydrogen (secondary N) is 1. The van der Waals surface area contributed by atoms with Gasteiger partial charge in [-0.05, 0) is 70.4 Å². The molecule has 1 N–H and O–H groups in total. The number of pyridine rings is 1. The molecule has 3 aliphatic rings. The second kappa shape index (κ2) is 8.59. The average Bonchev–Trinajstić information content (AvgIpc) is 3.68. The summed E-state index contributed by atoms with van der Waals surface area (Å²) >= 11 is 0. The van der Waals surface area contributed by atoms with E-state index in [4.69, 9.17) is 4.74 Å². The molecule has 0 unspecified atom stereocenters. The fraction of sp³-hybridized carbons (Fsp3) is 0.609. The predicted molar refractivity (Wildman–Crippen MR) is 122 cm³/mol. The van der Waals surface area contributed by atoms with Crippen molar-refractivity contribution in [3.8, 4) is 5.88 Å². The van der Waals surface area contributed by atoms with Crippen molar-refractivity contribution in [2.24, 2.45) is 5.92 Å². The highest BCUT2D eigenvalue weighted by atomic mass is 32.2. The minimum atomic E-state index is -3.30. The van der Waals surface area contributed by atoms with Crippen LogP contribution in [0.15, 0.2) is 23.5 Å². The first-order valence-corrected chi connectivity index (χ1v) is 13.1. The number of aryl methyl sites for hydroxylation is 1. The average molecular weight is 458 g/mol. The van der Waals surface area contributed by atoms with Crippen molar-refractivity contribution in [2.75, 3.05) is 25.0 Å². The zero-order chi connectivity index (χ0) is 22.3. The van der Waals surface area contributed by atoms with Crippen molar-refractivity contribution < 1.29 is 13.2 Å². The highest BCUT2D eigenvalue weighted by Crippen LogP contribution is 2.34. The van der Waals surface area contributed by atoms with Crippen molar-refractivity contribution >= 4 is 21.3 Å². The van der Waals surface area contributed by atoms with Crippen LogP contribution in [0, 0.1) is 19.8 Å². The molecule has 0 aromatic carbocycles. The van der Waals surface area contributed by atoms with E-state index in [9.17, 15) is 8.42 Å². The number of hydrogen-bond donors (Lipinski definition) is 1. The molecule has 32 heavy (non-hydrogen) atoms. The molecule has 0 amide bonds. The topological polar surface area (TPSA) is 97.3 Å². The summed E-state index contributed by atoms with van der Waals surface area (Å²) in [5.74, 6) is 2.16. The van der Waals surface area contributed by atoms with Crippen molar-refractivity contribution in [2.45, 2.75) is 68.8 Å². The molecule has 172 valence electrons. The van der Waals surface area contributed by atoms with E-state index in [0.717, 1.165) is 55.9 Å². The van der Waals surface area contributed by atoms with Gasteiger partial charge in [-0.3, -0.25) is 0 Å². The Hall–Kier alpha value is -2.26. The van der Waals surface area contributed by atoms with Gasteiger partial charge >= 0.3 is 0 Å². The molecular formula is C23H31N5O3S. The molecule has 2 aliphatic carbocycles. The van der Waals surface area contributed by atoms with Crippen molar-refractivity contribution in [1.29, 1.82) is 0 Å². The van der Waals surface area contributed by atoms with Gasteiger partial charge in [-0.25, -0.2) is 23.4 Å². The molecule has 8 nitrogen and oxygen atoms in total. The molecule has 0 radical (unpaired) electrons. The Labute approximate surface area is 189 Å². The van der Waals surface area contributed by atoms with E-state index in [1.807, 2.05) is 6.92 Å². The van der Waals surface area contributed by atoms with E-state index >= 15 is 0 Å². The maximum atomic E-state index is 12.5. The van der Waals surface area contributed by atoms with Gasteiger partial charge in [0.2, 0.25) is 5.88 Å². The lowest BCUT2D eigenvalue weighted by Crippen LogP contribution is -2.39. The number of hydrogen-bond acceptors (Lipinski definition) is 8. The summed E-state index contributed by atoms with van der Waals surface area (Å²) in [7, 11) is -3.30. The van der Waals surface area contributed by atoms with E-state index in [1.54, 1.807) is 19.1 Å². The van der Waals surface area contributed by atoms with Crippen molar-refractivity contribution in [3.05, 3.63) is 29.7 Å². The second-order valence-electron chi connectivity index (χ2n) is 9.37. The Morgan fingerprint density at radius 2 is 1.81 bits per heavy atom. The monoisotopic (exact) mass is 457 g/mol. The fourth-order valence-electron chi connectivity index (χ4n) is 4.22. The van der Waals surface area contributed by atoms with Gasteiger partial charge < -0.3 is 15.0 Å². The molecule has 1 saturated heterocycles. The second-order valence-corrected chi connectivity index (χ2v) is 11.5. The SMILES string of the molecule is Cc1nc(S(=O)(=O)C2CC2)ccc1Nc1ncnc(OC2CCN(CC3CC3)CC2)c1C. The standard InChI is InChI=1S/C23H31N5O3S/c1-15-22(27-20-7-8-21(26-16(20)2)32(29,30)19-5-6-19)24-14-25-23(15)31-18-9-11-28(12-10-18)13-17-3-4-17/h7-8,14,17-19H,3-6,9-13H2,1-2H3,(H,24,25,27). The quantitative estimate of drug-likeness (QED) is 0.644. The number of likely N-dealkylation sites (tertiary alicyclic amines) is 1. The fourth-order valence-corrected chi connectivity index (χ4v) is 5.84. The van der Waals surface area contributed by atoms with Crippen LogP contribution in [0.5, 0.6) is 5.88 Å². The normalized spacial score (nSPS) is 20.3. The summed E-state index contributed by atoms with van der Waals surface area (Å²) in [6.07, 6.45) is 7.93. The molecule has 1 aliphatic heterocycles. The Morgan fingerprint density at radius 3 is 2.47 bits per heavy atom. The first-order valence-electron chi connectivity index (χ1n) is 11.6. The lowest BCUT2D eigenvalue weighted by molar-refractivity contribution is 0.0938. The Kier molecular flexibility index (Phi) is 5.79. The van der Waals surface area contributed by atoms with Crippen LogP contribution in [0.25, 0.3) is 0 Å². The number of anilines is 2. The van der Waals surface area contributed by atoms with E-state index in [1.165, 1.54) is 25.7 Å². The molecule has 2 aromatic heterocycles. The zero-order valence-corrected chi connectivity index (χ0v) is 19.6. The number of nitrogens with zero attached hydrogens (tertiary/aromatic N) is 4. The van der Waals surface area contributed by atoms with Gasteiger partial charge in [0.25, 0.3) is 0 Å². The van der Waals surface area contributed by atoms with Gasteiger partial charge in [0.15, 0.2) is 14.9 Å². The number of rotatable bonds is 8. The van der Waals surface area contributed by atoms with Gasteiger partial charge in [0.05, 0.1) is 22.2 Å². The van der Waals surface area contributed by atoms with Crippen LogP contribution >= 0.6 is 0 Å². The molecular weight excluding hydrogens is 426 g/mol. The van der Waals surface area contributed by atoms with Crippen LogP contribution in [-0.4, -0.2) is 59.3 Å². The maximum Gasteiger partial charge on any atom is 0.221 e. The van der Waals surface area contributed by atoms with Gasteiger partial charge in [-0.1, -0.05) is 0 Å². The third-order valence-corrected chi connectivity index (χ3v) is 8.79. The molecule has 3 fully saturated rings. The summed E-state index contributed by atoms with van der Waals surface area (Å²) in [6, 6.07) is 3.33. The van der Waals surface area contributed by atoms with Gasteiger partial charge in [0, 0.05) is 19.6 Å². The summed E-state index contributed by atoms with van der Waals surface area (Å²) in [5.41, 5.74) is 2.18. The lowest BCUT2D eigenvalue weighted by Gasteiger charge is -2.32. The minimum absolute atomic E-state index is 0.152. The third kappa shape index (κ3) is 4.73. The Morgan fingerprint density at radius 1 is 1.06 bits per heavy atom.